The van der Waals surface area contributed by atoms with Gasteiger partial charge in [0.15, 0.2) is 5.78 Å². The Labute approximate surface area is 74.1 Å². The molecular weight excluding hydrogens is 185 g/mol. The summed E-state index contributed by atoms with van der Waals surface area (Å²) in [5, 5.41) is 8.89. The second-order valence-corrected chi connectivity index (χ2v) is 2.45. The van der Waals surface area contributed by atoms with Gasteiger partial charge in [-0.05, 0) is 0 Å². The van der Waals surface area contributed by atoms with Gasteiger partial charge in [0.2, 0.25) is 0 Å². The van der Waals surface area contributed by atoms with Gasteiger partial charge in [-0.1, -0.05) is 13.8 Å². The summed E-state index contributed by atoms with van der Waals surface area (Å²) in [5.41, 5.74) is -1.42. The van der Waals surface area contributed by atoms with E-state index in [1.807, 2.05) is 0 Å². The smallest absolute Gasteiger partial charge is 0.423 e. The van der Waals surface area contributed by atoms with Crippen molar-refractivity contribution in [2.45, 2.75) is 32.9 Å². The van der Waals surface area contributed by atoms with Gasteiger partial charge in [0.25, 0.3) is 0 Å². The molecule has 0 aliphatic rings. The van der Waals surface area contributed by atoms with Crippen LogP contribution in [0.1, 0.15) is 26.7 Å². The van der Waals surface area contributed by atoms with E-state index in [1.165, 1.54) is 13.8 Å². The van der Waals surface area contributed by atoms with Crippen molar-refractivity contribution < 1.29 is 23.1 Å². The van der Waals surface area contributed by atoms with Crippen molar-refractivity contribution in [3.8, 4) is 0 Å². The number of hydrogen-bond acceptors (Lipinski definition) is 2. The minimum atomic E-state index is -4.76. The fourth-order valence-electron chi connectivity index (χ4n) is 0.836. The highest BCUT2D eigenvalue weighted by Crippen LogP contribution is 2.29. The summed E-state index contributed by atoms with van der Waals surface area (Å²) in [6.45, 7) is 2.67. The Morgan fingerprint density at radius 3 is 1.92 bits per heavy atom. The van der Waals surface area contributed by atoms with Crippen LogP contribution in [0, 0.1) is 0 Å². The first-order chi connectivity index (χ1) is 5.84. The molecule has 0 heterocycles. The number of alkyl halides is 3. The molecule has 0 aliphatic carbocycles. The maximum absolute atomic E-state index is 12.2. The van der Waals surface area contributed by atoms with Gasteiger partial charge < -0.3 is 5.11 Å². The monoisotopic (exact) mass is 196 g/mol. The molecule has 0 fully saturated rings. The number of ketones is 1. The molecular formula is C8H11F3O2. The molecule has 0 spiro atoms. The molecule has 0 aromatic carbocycles. The molecule has 0 saturated heterocycles. The van der Waals surface area contributed by atoms with Gasteiger partial charge in [-0.15, -0.1) is 0 Å². The first-order valence-corrected chi connectivity index (χ1v) is 3.87. The fraction of sp³-hybridized carbons (Fsp3) is 0.625. The zero-order valence-corrected chi connectivity index (χ0v) is 7.40. The van der Waals surface area contributed by atoms with Gasteiger partial charge in [0.1, 0.15) is 11.3 Å². The van der Waals surface area contributed by atoms with Crippen LogP contribution in [0.4, 0.5) is 13.2 Å². The molecule has 13 heavy (non-hydrogen) atoms. The van der Waals surface area contributed by atoms with Crippen LogP contribution in [0.15, 0.2) is 11.3 Å². The van der Waals surface area contributed by atoms with Crippen molar-refractivity contribution in [3.05, 3.63) is 11.3 Å². The molecule has 5 heteroatoms. The Morgan fingerprint density at radius 2 is 1.69 bits per heavy atom. The van der Waals surface area contributed by atoms with Crippen molar-refractivity contribution in [2.75, 3.05) is 0 Å². The summed E-state index contributed by atoms with van der Waals surface area (Å²) in [6, 6.07) is 0. The van der Waals surface area contributed by atoms with Gasteiger partial charge in [-0.25, -0.2) is 0 Å². The lowest BCUT2D eigenvalue weighted by Crippen LogP contribution is -2.21. The van der Waals surface area contributed by atoms with Gasteiger partial charge in [0.05, 0.1) is 0 Å². The van der Waals surface area contributed by atoms with E-state index >= 15 is 0 Å². The number of Topliss-reactive ketones (excluding diaryl/α,β-unsaturated/α-hetero) is 1. The summed E-state index contributed by atoms with van der Waals surface area (Å²) < 4.78 is 36.5. The van der Waals surface area contributed by atoms with Crippen LogP contribution in [-0.2, 0) is 4.79 Å². The summed E-state index contributed by atoms with van der Waals surface area (Å²) in [7, 11) is 0. The molecule has 0 unspecified atom stereocenters. The lowest BCUT2D eigenvalue weighted by molar-refractivity contribution is -0.129. The third-order valence-corrected chi connectivity index (χ3v) is 1.51. The first kappa shape index (κ1) is 12.0. The summed E-state index contributed by atoms with van der Waals surface area (Å²) >= 11 is 0. The van der Waals surface area contributed by atoms with Crippen molar-refractivity contribution >= 4 is 5.78 Å². The fourth-order valence-corrected chi connectivity index (χ4v) is 0.836. The molecule has 0 aromatic rings. The summed E-state index contributed by atoms with van der Waals surface area (Å²) in [6.07, 6.45) is -5.22. The molecule has 0 aromatic heterocycles. The lowest BCUT2D eigenvalue weighted by Gasteiger charge is -2.11. The Bertz CT molecular complexity index is 228. The Balaban J connectivity index is 5.11. The molecule has 76 valence electrons. The average molecular weight is 196 g/mol. The van der Waals surface area contributed by atoms with Crippen molar-refractivity contribution in [1.82, 2.24) is 0 Å². The highest BCUT2D eigenvalue weighted by molar-refractivity contribution is 5.96. The molecule has 0 saturated carbocycles. The largest absolute Gasteiger partial charge is 0.512 e. The third kappa shape index (κ3) is 3.08. The third-order valence-electron chi connectivity index (χ3n) is 1.51. The molecule has 2 nitrogen and oxygen atoms in total. The maximum Gasteiger partial charge on any atom is 0.423 e. The van der Waals surface area contributed by atoms with Gasteiger partial charge in [-0.3, -0.25) is 4.79 Å². The van der Waals surface area contributed by atoms with Crippen LogP contribution in [0.2, 0.25) is 0 Å². The van der Waals surface area contributed by atoms with E-state index in [2.05, 4.69) is 0 Å². The van der Waals surface area contributed by atoms with Crippen LogP contribution < -0.4 is 0 Å². The van der Waals surface area contributed by atoms with Crippen LogP contribution in [-0.4, -0.2) is 17.1 Å². The minimum Gasteiger partial charge on any atom is -0.512 e. The van der Waals surface area contributed by atoms with E-state index in [9.17, 15) is 18.0 Å². The van der Waals surface area contributed by atoms with E-state index in [0.717, 1.165) is 0 Å². The first-order valence-electron chi connectivity index (χ1n) is 3.87. The van der Waals surface area contributed by atoms with Gasteiger partial charge >= 0.3 is 6.18 Å². The zero-order valence-electron chi connectivity index (χ0n) is 7.40. The SMILES string of the molecule is CCC(=O)C(=C(O)CC)C(F)(F)F. The molecule has 0 aliphatic heterocycles. The van der Waals surface area contributed by atoms with Gasteiger partial charge in [0, 0.05) is 12.8 Å². The Morgan fingerprint density at radius 1 is 1.23 bits per heavy atom. The van der Waals surface area contributed by atoms with E-state index in [0.29, 0.717) is 0 Å². The number of aliphatic hydroxyl groups is 1. The topological polar surface area (TPSA) is 37.3 Å². The van der Waals surface area contributed by atoms with E-state index in [-0.39, 0.29) is 12.8 Å². The van der Waals surface area contributed by atoms with Gasteiger partial charge in [-0.2, -0.15) is 13.2 Å². The van der Waals surface area contributed by atoms with E-state index < -0.39 is 23.3 Å². The lowest BCUT2D eigenvalue weighted by atomic mass is 10.1. The van der Waals surface area contributed by atoms with Crippen LogP contribution in [0.3, 0.4) is 0 Å². The molecule has 0 atom stereocenters. The van der Waals surface area contributed by atoms with E-state index in [4.69, 9.17) is 5.11 Å². The predicted molar refractivity (Wildman–Crippen MR) is 41.3 cm³/mol. The average Bonchev–Trinajstić information content (AvgIpc) is 2.01. The molecule has 1 N–H and O–H groups in total. The second kappa shape index (κ2) is 4.30. The summed E-state index contributed by atoms with van der Waals surface area (Å²) in [4.78, 5) is 10.8. The minimum absolute atomic E-state index is 0.194. The molecule has 0 amide bonds. The van der Waals surface area contributed by atoms with E-state index in [1.54, 1.807) is 0 Å². The van der Waals surface area contributed by atoms with Crippen molar-refractivity contribution in [2.24, 2.45) is 0 Å². The predicted octanol–water partition coefficient (Wildman–Crippen LogP) is 2.75. The quantitative estimate of drug-likeness (QED) is 0.556. The maximum atomic E-state index is 12.2. The number of carbonyl (C=O) groups excluding carboxylic acids is 1. The Hall–Kier alpha value is -1.00. The highest BCUT2D eigenvalue weighted by atomic mass is 19.4. The standard InChI is InChI=1S/C8H11F3O2/c1-3-5(12)7(6(13)4-2)8(9,10)11/h12H,3-4H2,1-2H3. The summed E-state index contributed by atoms with van der Waals surface area (Å²) in [5.74, 6) is -1.97. The number of hydrogen-bond donors (Lipinski definition) is 1. The zero-order chi connectivity index (χ0) is 10.6. The number of aliphatic hydroxyl groups excluding tert-OH is 1. The molecule has 0 rings (SSSR count). The second-order valence-electron chi connectivity index (χ2n) is 2.45. The van der Waals surface area contributed by atoms with Crippen LogP contribution >= 0.6 is 0 Å². The number of allylic oxidation sites excluding steroid dienone is 2. The highest BCUT2D eigenvalue weighted by Gasteiger charge is 2.40. The number of rotatable bonds is 3. The van der Waals surface area contributed by atoms with Crippen molar-refractivity contribution in [3.63, 3.8) is 0 Å². The number of carbonyl (C=O) groups is 1. The molecule has 0 radical (unpaired) electrons. The Kier molecular flexibility index (Phi) is 3.97. The van der Waals surface area contributed by atoms with Crippen LogP contribution in [0.5, 0.6) is 0 Å². The normalized spacial score (nSPS) is 13.9. The van der Waals surface area contributed by atoms with Crippen LogP contribution in [0.25, 0.3) is 0 Å². The van der Waals surface area contributed by atoms with Crippen molar-refractivity contribution in [1.29, 1.82) is 0 Å². The number of halogens is 3. The molecule has 0 bridgehead atoms.